The zero-order valence-electron chi connectivity index (χ0n) is 10.2. The lowest BCUT2D eigenvalue weighted by atomic mass is 10.1. The predicted molar refractivity (Wildman–Crippen MR) is 71.1 cm³/mol. The Balaban J connectivity index is 1.59. The number of hydrogen-bond acceptors (Lipinski definition) is 3. The normalized spacial score (nSPS) is 16.1. The van der Waals surface area contributed by atoms with E-state index in [0.717, 1.165) is 26.2 Å². The van der Waals surface area contributed by atoms with E-state index in [1.807, 2.05) is 4.90 Å². The molecule has 1 fully saturated rings. The van der Waals surface area contributed by atoms with Crippen molar-refractivity contribution in [3.8, 4) is 0 Å². The fourth-order valence-corrected chi connectivity index (χ4v) is 2.79. The first-order chi connectivity index (χ1) is 8.36. The van der Waals surface area contributed by atoms with Crippen LogP contribution in [-0.2, 0) is 11.3 Å². The van der Waals surface area contributed by atoms with Crippen LogP contribution < -0.4 is 5.32 Å². The lowest BCUT2D eigenvalue weighted by molar-refractivity contribution is -0.131. The Morgan fingerprint density at radius 2 is 2.18 bits per heavy atom. The van der Waals surface area contributed by atoms with Crippen molar-refractivity contribution in [2.24, 2.45) is 0 Å². The van der Waals surface area contributed by atoms with Gasteiger partial charge < -0.3 is 10.2 Å². The molecule has 0 atom stereocenters. The minimum atomic E-state index is 0.308. The molecule has 0 unspecified atom stereocenters. The van der Waals surface area contributed by atoms with Gasteiger partial charge in [-0.1, -0.05) is 0 Å². The van der Waals surface area contributed by atoms with E-state index in [1.165, 1.54) is 24.8 Å². The van der Waals surface area contributed by atoms with Crippen molar-refractivity contribution < 1.29 is 4.79 Å². The number of amides is 1. The summed E-state index contributed by atoms with van der Waals surface area (Å²) in [6.07, 6.45) is 4.26. The maximum absolute atomic E-state index is 11.8. The molecule has 1 aromatic heterocycles. The number of hydrogen-bond donors (Lipinski definition) is 1. The molecule has 2 rings (SSSR count). The smallest absolute Gasteiger partial charge is 0.223 e. The van der Waals surface area contributed by atoms with Crippen LogP contribution in [-0.4, -0.2) is 30.4 Å². The molecule has 1 saturated heterocycles. The van der Waals surface area contributed by atoms with Crippen molar-refractivity contribution in [2.75, 3.05) is 19.6 Å². The minimum absolute atomic E-state index is 0.308. The molecule has 1 amide bonds. The van der Waals surface area contributed by atoms with E-state index in [1.54, 1.807) is 11.3 Å². The summed E-state index contributed by atoms with van der Waals surface area (Å²) in [5.74, 6) is 0.308. The van der Waals surface area contributed by atoms with Crippen LogP contribution in [0.4, 0.5) is 0 Å². The van der Waals surface area contributed by atoms with Gasteiger partial charge >= 0.3 is 0 Å². The summed E-state index contributed by atoms with van der Waals surface area (Å²) in [5, 5.41) is 7.53. The first-order valence-electron chi connectivity index (χ1n) is 6.36. The highest BCUT2D eigenvalue weighted by molar-refractivity contribution is 7.07. The number of likely N-dealkylation sites (tertiary alicyclic amines) is 1. The molecule has 3 nitrogen and oxygen atoms in total. The van der Waals surface area contributed by atoms with Crippen LogP contribution >= 0.6 is 11.3 Å². The molecule has 4 heteroatoms. The quantitative estimate of drug-likeness (QED) is 0.815. The Morgan fingerprint density at radius 3 is 2.88 bits per heavy atom. The fraction of sp³-hybridized carbons (Fsp3) is 0.615. The molecule has 0 aliphatic carbocycles. The molecule has 0 bridgehead atoms. The van der Waals surface area contributed by atoms with E-state index in [9.17, 15) is 4.79 Å². The van der Waals surface area contributed by atoms with Crippen LogP contribution in [0, 0.1) is 0 Å². The monoisotopic (exact) mass is 252 g/mol. The second kappa shape index (κ2) is 6.77. The Labute approximate surface area is 107 Å². The summed E-state index contributed by atoms with van der Waals surface area (Å²) in [5.41, 5.74) is 1.31. The second-order valence-electron chi connectivity index (χ2n) is 4.50. The molecule has 17 heavy (non-hydrogen) atoms. The average Bonchev–Trinajstić information content (AvgIpc) is 2.88. The molecule has 0 saturated carbocycles. The van der Waals surface area contributed by atoms with Gasteiger partial charge in [-0.15, -0.1) is 0 Å². The first kappa shape index (κ1) is 12.6. The van der Waals surface area contributed by atoms with E-state index in [-0.39, 0.29) is 0 Å². The summed E-state index contributed by atoms with van der Waals surface area (Å²) >= 11 is 1.71. The number of carbonyl (C=O) groups is 1. The summed E-state index contributed by atoms with van der Waals surface area (Å²) in [6, 6.07) is 2.12. The van der Waals surface area contributed by atoms with E-state index in [0.29, 0.717) is 12.3 Å². The van der Waals surface area contributed by atoms with Gasteiger partial charge in [0.05, 0.1) is 0 Å². The summed E-state index contributed by atoms with van der Waals surface area (Å²) in [4.78, 5) is 13.9. The van der Waals surface area contributed by atoms with Crippen molar-refractivity contribution >= 4 is 17.2 Å². The van der Waals surface area contributed by atoms with Gasteiger partial charge in [-0.25, -0.2) is 0 Å². The third-order valence-electron chi connectivity index (χ3n) is 3.13. The highest BCUT2D eigenvalue weighted by atomic mass is 32.1. The largest absolute Gasteiger partial charge is 0.343 e. The van der Waals surface area contributed by atoms with Crippen LogP contribution in [0.15, 0.2) is 16.8 Å². The molecule has 0 radical (unpaired) electrons. The Morgan fingerprint density at radius 1 is 1.35 bits per heavy atom. The molecule has 94 valence electrons. The lowest BCUT2D eigenvalue weighted by Gasteiger charge is -2.26. The highest BCUT2D eigenvalue weighted by Crippen LogP contribution is 2.09. The van der Waals surface area contributed by atoms with Gasteiger partial charge in [0, 0.05) is 32.6 Å². The zero-order chi connectivity index (χ0) is 11.9. The zero-order valence-corrected chi connectivity index (χ0v) is 11.0. The number of piperidine rings is 1. The van der Waals surface area contributed by atoms with E-state index >= 15 is 0 Å². The number of rotatable bonds is 5. The molecule has 0 aromatic carbocycles. The Hall–Kier alpha value is -0.870. The van der Waals surface area contributed by atoms with Gasteiger partial charge in [0.25, 0.3) is 0 Å². The molecule has 1 aliphatic rings. The van der Waals surface area contributed by atoms with Gasteiger partial charge in [0.2, 0.25) is 5.91 Å². The van der Waals surface area contributed by atoms with Crippen LogP contribution in [0.3, 0.4) is 0 Å². The number of carbonyl (C=O) groups excluding carboxylic acids is 1. The average molecular weight is 252 g/mol. The van der Waals surface area contributed by atoms with Crippen molar-refractivity contribution in [1.29, 1.82) is 0 Å². The maximum atomic E-state index is 11.8. The molecule has 1 aromatic rings. The molecule has 1 N–H and O–H groups in total. The van der Waals surface area contributed by atoms with Gasteiger partial charge in [0.15, 0.2) is 0 Å². The van der Waals surface area contributed by atoms with Crippen molar-refractivity contribution in [1.82, 2.24) is 10.2 Å². The summed E-state index contributed by atoms with van der Waals surface area (Å²) in [7, 11) is 0. The highest BCUT2D eigenvalue weighted by Gasteiger charge is 2.15. The topological polar surface area (TPSA) is 32.3 Å². The number of nitrogens with one attached hydrogen (secondary N) is 1. The molecule has 1 aliphatic heterocycles. The van der Waals surface area contributed by atoms with Crippen LogP contribution in [0.25, 0.3) is 0 Å². The molecular formula is C13H20N2OS. The van der Waals surface area contributed by atoms with Crippen LogP contribution in [0.5, 0.6) is 0 Å². The maximum Gasteiger partial charge on any atom is 0.223 e. The van der Waals surface area contributed by atoms with Gasteiger partial charge in [-0.2, -0.15) is 11.3 Å². The van der Waals surface area contributed by atoms with Gasteiger partial charge in [-0.05, 0) is 41.7 Å². The first-order valence-corrected chi connectivity index (χ1v) is 7.30. The van der Waals surface area contributed by atoms with Gasteiger partial charge in [-0.3, -0.25) is 4.79 Å². The number of nitrogens with zero attached hydrogens (tertiary/aromatic N) is 1. The standard InChI is InChI=1S/C13H20N2OS/c16-13(15-7-2-1-3-8-15)4-6-14-10-12-5-9-17-11-12/h5,9,11,14H,1-4,6-8,10H2. The van der Waals surface area contributed by atoms with Crippen LogP contribution in [0.1, 0.15) is 31.2 Å². The molecule has 0 spiro atoms. The van der Waals surface area contributed by atoms with Crippen molar-refractivity contribution in [3.05, 3.63) is 22.4 Å². The minimum Gasteiger partial charge on any atom is -0.343 e. The van der Waals surface area contributed by atoms with E-state index in [2.05, 4.69) is 22.1 Å². The van der Waals surface area contributed by atoms with Crippen LogP contribution in [0.2, 0.25) is 0 Å². The predicted octanol–water partition coefficient (Wildman–Crippen LogP) is 2.24. The summed E-state index contributed by atoms with van der Waals surface area (Å²) in [6.45, 7) is 3.58. The van der Waals surface area contributed by atoms with E-state index < -0.39 is 0 Å². The third kappa shape index (κ3) is 4.13. The van der Waals surface area contributed by atoms with Crippen molar-refractivity contribution in [3.63, 3.8) is 0 Å². The second-order valence-corrected chi connectivity index (χ2v) is 5.28. The number of thiophene rings is 1. The Bertz CT molecular complexity index is 331. The Kier molecular flexibility index (Phi) is 5.01. The fourth-order valence-electron chi connectivity index (χ4n) is 2.12. The van der Waals surface area contributed by atoms with Crippen molar-refractivity contribution in [2.45, 2.75) is 32.2 Å². The lowest BCUT2D eigenvalue weighted by Crippen LogP contribution is -2.37. The summed E-state index contributed by atoms with van der Waals surface area (Å²) < 4.78 is 0. The van der Waals surface area contributed by atoms with E-state index in [4.69, 9.17) is 0 Å². The third-order valence-corrected chi connectivity index (χ3v) is 3.87. The molecular weight excluding hydrogens is 232 g/mol. The van der Waals surface area contributed by atoms with Gasteiger partial charge in [0.1, 0.15) is 0 Å². The molecule has 2 heterocycles. The SMILES string of the molecule is O=C(CCNCc1ccsc1)N1CCCCC1.